The van der Waals surface area contributed by atoms with Gasteiger partial charge < -0.3 is 15.3 Å². The molecule has 0 aliphatic heterocycles. The Labute approximate surface area is 146 Å². The summed E-state index contributed by atoms with van der Waals surface area (Å²) < 4.78 is 0. The quantitative estimate of drug-likeness (QED) is 0.596. The van der Waals surface area contributed by atoms with E-state index in [0.717, 1.165) is 32.1 Å². The van der Waals surface area contributed by atoms with E-state index < -0.39 is 12.2 Å². The molecule has 0 aromatic heterocycles. The summed E-state index contributed by atoms with van der Waals surface area (Å²) in [5.41, 5.74) is 1.86. The van der Waals surface area contributed by atoms with Crippen molar-refractivity contribution >= 4 is 0 Å². The second-order valence-corrected chi connectivity index (χ2v) is 9.62. The molecule has 9 atom stereocenters. The molecule has 4 saturated carbocycles. The van der Waals surface area contributed by atoms with Gasteiger partial charge in [0.2, 0.25) is 0 Å². The van der Waals surface area contributed by atoms with Crippen molar-refractivity contribution in [3.8, 4) is 0 Å². The first-order valence-corrected chi connectivity index (χ1v) is 10.0. The van der Waals surface area contributed by atoms with Crippen LogP contribution in [-0.2, 0) is 0 Å². The van der Waals surface area contributed by atoms with Crippen molar-refractivity contribution in [1.29, 1.82) is 0 Å². The van der Waals surface area contributed by atoms with E-state index in [1.54, 1.807) is 5.57 Å². The van der Waals surface area contributed by atoms with Gasteiger partial charge in [0.05, 0.1) is 18.3 Å². The zero-order valence-electron chi connectivity index (χ0n) is 15.4. The molecule has 136 valence electrons. The summed E-state index contributed by atoms with van der Waals surface area (Å²) in [5, 5.41) is 32.1. The van der Waals surface area contributed by atoms with E-state index in [0.29, 0.717) is 18.3 Å². The Bertz CT molecular complexity index is 543. The van der Waals surface area contributed by atoms with Gasteiger partial charge in [-0.2, -0.15) is 0 Å². The van der Waals surface area contributed by atoms with E-state index in [-0.39, 0.29) is 28.8 Å². The Morgan fingerprint density at radius 1 is 0.917 bits per heavy atom. The largest absolute Gasteiger partial charge is 0.393 e. The van der Waals surface area contributed by atoms with E-state index in [2.05, 4.69) is 26.8 Å². The van der Waals surface area contributed by atoms with E-state index in [4.69, 9.17) is 0 Å². The molecule has 3 heteroatoms. The lowest BCUT2D eigenvalue weighted by atomic mass is 9.43. The highest BCUT2D eigenvalue weighted by Gasteiger charge is 2.63. The van der Waals surface area contributed by atoms with Crippen LogP contribution in [0.3, 0.4) is 0 Å². The molecule has 4 aliphatic rings. The van der Waals surface area contributed by atoms with Crippen molar-refractivity contribution < 1.29 is 15.3 Å². The van der Waals surface area contributed by atoms with E-state index >= 15 is 0 Å². The summed E-state index contributed by atoms with van der Waals surface area (Å²) in [6, 6.07) is 0. The SMILES string of the molecule is C/C=C1\CC[C@H]2[C@@H]3[C@@H](O)[C@H](O)[C@H]4C[C@H](O)CC[C@]4(C)[C@H]3CC[C@]12C. The summed E-state index contributed by atoms with van der Waals surface area (Å²) >= 11 is 0. The smallest absolute Gasteiger partial charge is 0.0836 e. The number of aliphatic hydroxyl groups is 3. The third kappa shape index (κ3) is 2.07. The zero-order valence-corrected chi connectivity index (χ0v) is 15.4. The van der Waals surface area contributed by atoms with Crippen LogP contribution in [0.5, 0.6) is 0 Å². The number of aliphatic hydroxyl groups excluding tert-OH is 3. The molecule has 4 rings (SSSR count). The normalized spacial score (nSPS) is 58.9. The highest BCUT2D eigenvalue weighted by molar-refractivity contribution is 5.25. The number of hydrogen-bond donors (Lipinski definition) is 3. The van der Waals surface area contributed by atoms with Crippen molar-refractivity contribution in [2.75, 3.05) is 0 Å². The summed E-state index contributed by atoms with van der Waals surface area (Å²) in [7, 11) is 0. The molecular formula is C21H34O3. The van der Waals surface area contributed by atoms with E-state index in [1.807, 2.05) is 0 Å². The van der Waals surface area contributed by atoms with Gasteiger partial charge in [-0.15, -0.1) is 0 Å². The fourth-order valence-corrected chi connectivity index (χ4v) is 7.56. The average Bonchev–Trinajstić information content (AvgIpc) is 2.90. The standard InChI is InChI=1S/C21H34O3/c1-4-12-5-6-14-17-15(8-10-20(12,14)2)21(3)9-7-13(22)11-16(21)18(23)19(17)24/h4,13-19,22-24H,5-11H2,1-3H3/b12-4+/t13-,14+,15+,16-,17+,18-,19-,20-,21-/m1/s1. The van der Waals surface area contributed by atoms with Gasteiger partial charge in [-0.3, -0.25) is 0 Å². The van der Waals surface area contributed by atoms with Gasteiger partial charge in [-0.1, -0.05) is 25.5 Å². The summed E-state index contributed by atoms with van der Waals surface area (Å²) in [5.74, 6) is 1.25. The summed E-state index contributed by atoms with van der Waals surface area (Å²) in [6.07, 6.45) is 7.86. The predicted octanol–water partition coefficient (Wildman–Crippen LogP) is 3.28. The van der Waals surface area contributed by atoms with Crippen molar-refractivity contribution in [2.24, 2.45) is 34.5 Å². The molecule has 3 N–H and O–H groups in total. The highest BCUT2D eigenvalue weighted by Crippen LogP contribution is 2.67. The maximum Gasteiger partial charge on any atom is 0.0836 e. The number of hydrogen-bond acceptors (Lipinski definition) is 3. The molecular weight excluding hydrogens is 300 g/mol. The molecule has 0 aromatic carbocycles. The van der Waals surface area contributed by atoms with Crippen LogP contribution in [0, 0.1) is 34.5 Å². The molecule has 0 bridgehead atoms. The topological polar surface area (TPSA) is 60.7 Å². The van der Waals surface area contributed by atoms with Crippen LogP contribution in [0.15, 0.2) is 11.6 Å². The summed E-state index contributed by atoms with van der Waals surface area (Å²) in [6.45, 7) is 6.89. The van der Waals surface area contributed by atoms with Crippen LogP contribution in [0.25, 0.3) is 0 Å². The molecule has 0 spiro atoms. The van der Waals surface area contributed by atoms with Crippen LogP contribution < -0.4 is 0 Å². The minimum atomic E-state index is -0.678. The Kier molecular flexibility index (Phi) is 3.95. The monoisotopic (exact) mass is 334 g/mol. The van der Waals surface area contributed by atoms with Crippen molar-refractivity contribution in [1.82, 2.24) is 0 Å². The second-order valence-electron chi connectivity index (χ2n) is 9.62. The Balaban J connectivity index is 1.73. The van der Waals surface area contributed by atoms with Crippen LogP contribution >= 0.6 is 0 Å². The van der Waals surface area contributed by atoms with Crippen molar-refractivity contribution in [2.45, 2.75) is 84.0 Å². The number of allylic oxidation sites excluding steroid dienone is 2. The van der Waals surface area contributed by atoms with Gasteiger partial charge >= 0.3 is 0 Å². The van der Waals surface area contributed by atoms with E-state index in [9.17, 15) is 15.3 Å². The molecule has 24 heavy (non-hydrogen) atoms. The number of fused-ring (bicyclic) bond motifs is 5. The first kappa shape index (κ1) is 17.1. The maximum atomic E-state index is 11.1. The maximum absolute atomic E-state index is 11.1. The molecule has 0 heterocycles. The minimum absolute atomic E-state index is 0.0458. The fraction of sp³-hybridized carbons (Fsp3) is 0.905. The third-order valence-corrected chi connectivity index (χ3v) is 8.92. The lowest BCUT2D eigenvalue weighted by Crippen LogP contribution is -2.63. The fourth-order valence-electron chi connectivity index (χ4n) is 7.56. The van der Waals surface area contributed by atoms with Crippen LogP contribution in [0.1, 0.15) is 65.7 Å². The van der Waals surface area contributed by atoms with Crippen LogP contribution in [0.4, 0.5) is 0 Å². The molecule has 0 amide bonds. The van der Waals surface area contributed by atoms with Crippen LogP contribution in [0.2, 0.25) is 0 Å². The highest BCUT2D eigenvalue weighted by atomic mass is 16.3. The van der Waals surface area contributed by atoms with E-state index in [1.165, 1.54) is 6.42 Å². The first-order chi connectivity index (χ1) is 11.3. The first-order valence-electron chi connectivity index (χ1n) is 10.0. The lowest BCUT2D eigenvalue weighted by molar-refractivity contribution is -0.217. The second kappa shape index (κ2) is 5.56. The minimum Gasteiger partial charge on any atom is -0.393 e. The molecule has 4 aliphatic carbocycles. The molecule has 0 saturated heterocycles. The summed E-state index contributed by atoms with van der Waals surface area (Å²) in [4.78, 5) is 0. The Hall–Kier alpha value is -0.380. The Morgan fingerprint density at radius 2 is 1.67 bits per heavy atom. The molecule has 4 fully saturated rings. The molecule has 3 nitrogen and oxygen atoms in total. The molecule has 0 unspecified atom stereocenters. The molecule has 0 aromatic rings. The van der Waals surface area contributed by atoms with Crippen molar-refractivity contribution in [3.05, 3.63) is 11.6 Å². The van der Waals surface area contributed by atoms with Crippen LogP contribution in [-0.4, -0.2) is 33.6 Å². The average molecular weight is 335 g/mol. The van der Waals surface area contributed by atoms with Gasteiger partial charge in [0.15, 0.2) is 0 Å². The molecule has 0 radical (unpaired) electrons. The van der Waals surface area contributed by atoms with Crippen molar-refractivity contribution in [3.63, 3.8) is 0 Å². The van der Waals surface area contributed by atoms with Gasteiger partial charge in [0, 0.05) is 0 Å². The third-order valence-electron chi connectivity index (χ3n) is 8.92. The zero-order chi connectivity index (χ0) is 17.3. The van der Waals surface area contributed by atoms with Gasteiger partial charge in [-0.25, -0.2) is 0 Å². The lowest BCUT2D eigenvalue weighted by Gasteiger charge is -2.63. The predicted molar refractivity (Wildman–Crippen MR) is 94.3 cm³/mol. The number of rotatable bonds is 0. The Morgan fingerprint density at radius 3 is 2.38 bits per heavy atom. The van der Waals surface area contributed by atoms with Gasteiger partial charge in [0.1, 0.15) is 0 Å². The van der Waals surface area contributed by atoms with Gasteiger partial charge in [0.25, 0.3) is 0 Å². The van der Waals surface area contributed by atoms with Gasteiger partial charge in [-0.05, 0) is 86.4 Å².